The number of aromatic nitrogens is 1. The first-order valence-corrected chi connectivity index (χ1v) is 9.07. The van der Waals surface area contributed by atoms with E-state index in [9.17, 15) is 4.39 Å². The Morgan fingerprint density at radius 3 is 2.79 bits per heavy atom. The molecule has 0 atom stereocenters. The molecule has 0 fully saturated rings. The minimum atomic E-state index is -0.195. The van der Waals surface area contributed by atoms with Crippen LogP contribution in [0.4, 0.5) is 4.39 Å². The Labute approximate surface area is 146 Å². The van der Waals surface area contributed by atoms with Crippen molar-refractivity contribution in [1.82, 2.24) is 9.88 Å². The molecule has 128 valence electrons. The van der Waals surface area contributed by atoms with Crippen molar-refractivity contribution in [2.45, 2.75) is 26.4 Å². The van der Waals surface area contributed by atoms with E-state index in [1.807, 2.05) is 6.07 Å². The van der Waals surface area contributed by atoms with Crippen LogP contribution in [0.3, 0.4) is 0 Å². The lowest BCUT2D eigenvalue weighted by atomic mass is 10.1. The fraction of sp³-hybridized carbons (Fsp3) is 0.368. The molecule has 2 heterocycles. The highest BCUT2D eigenvalue weighted by molar-refractivity contribution is 7.13. The van der Waals surface area contributed by atoms with Gasteiger partial charge in [0.15, 0.2) is 0 Å². The van der Waals surface area contributed by atoms with E-state index in [4.69, 9.17) is 4.74 Å². The Morgan fingerprint density at radius 1 is 1.29 bits per heavy atom. The minimum Gasteiger partial charge on any atom is -0.383 e. The number of thiophene rings is 1. The van der Waals surface area contributed by atoms with E-state index in [-0.39, 0.29) is 5.82 Å². The van der Waals surface area contributed by atoms with Crippen molar-refractivity contribution < 1.29 is 9.13 Å². The zero-order valence-electron chi connectivity index (χ0n) is 14.3. The Bertz CT molecular complexity index is 808. The van der Waals surface area contributed by atoms with Crippen molar-refractivity contribution >= 4 is 22.2 Å². The van der Waals surface area contributed by atoms with Crippen molar-refractivity contribution in [3.8, 4) is 10.6 Å². The number of rotatable bonds is 7. The fourth-order valence-electron chi connectivity index (χ4n) is 3.14. The first-order chi connectivity index (χ1) is 11.6. The number of ether oxygens (including phenoxy) is 1. The fourth-order valence-corrected chi connectivity index (χ4v) is 3.93. The van der Waals surface area contributed by atoms with Gasteiger partial charge in [0.25, 0.3) is 0 Å². The smallest absolute Gasteiger partial charge is 0.123 e. The Balaban J connectivity index is 2.17. The van der Waals surface area contributed by atoms with Crippen LogP contribution in [0.5, 0.6) is 0 Å². The van der Waals surface area contributed by atoms with Crippen LogP contribution >= 0.6 is 11.3 Å². The van der Waals surface area contributed by atoms with Crippen molar-refractivity contribution in [2.24, 2.45) is 0 Å². The monoisotopic (exact) mass is 346 g/mol. The predicted molar refractivity (Wildman–Crippen MR) is 99.2 cm³/mol. The zero-order chi connectivity index (χ0) is 17.1. The third-order valence-electron chi connectivity index (χ3n) is 4.13. The first kappa shape index (κ1) is 17.1. The standard InChI is InChI=1S/C19H23FN2OS/c1-13(2)22-17-7-6-14(20)11-15(17)16(12-21-8-9-23-3)19(22)18-5-4-10-24-18/h4-7,10-11,13,21H,8-9,12H2,1-3H3. The molecule has 3 rings (SSSR count). The van der Waals surface area contributed by atoms with E-state index < -0.39 is 0 Å². The molecule has 24 heavy (non-hydrogen) atoms. The molecule has 0 amide bonds. The number of nitrogens with one attached hydrogen (secondary N) is 1. The van der Waals surface area contributed by atoms with Crippen LogP contribution < -0.4 is 5.32 Å². The number of halogens is 1. The van der Waals surface area contributed by atoms with Gasteiger partial charge >= 0.3 is 0 Å². The highest BCUT2D eigenvalue weighted by Crippen LogP contribution is 2.38. The molecule has 0 saturated carbocycles. The molecule has 0 aliphatic rings. The summed E-state index contributed by atoms with van der Waals surface area (Å²) in [6.45, 7) is 6.45. The lowest BCUT2D eigenvalue weighted by Gasteiger charge is -2.15. The van der Waals surface area contributed by atoms with Gasteiger partial charge in [-0.05, 0) is 43.5 Å². The number of nitrogens with zero attached hydrogens (tertiary/aromatic N) is 1. The molecule has 0 unspecified atom stereocenters. The van der Waals surface area contributed by atoms with Gasteiger partial charge in [0.05, 0.1) is 17.2 Å². The maximum Gasteiger partial charge on any atom is 0.123 e. The van der Waals surface area contributed by atoms with E-state index >= 15 is 0 Å². The molecule has 0 saturated heterocycles. The summed E-state index contributed by atoms with van der Waals surface area (Å²) in [6, 6.07) is 9.57. The number of methoxy groups -OCH3 is 1. The van der Waals surface area contributed by atoms with Crippen LogP contribution in [-0.4, -0.2) is 24.8 Å². The number of hydrogen-bond acceptors (Lipinski definition) is 3. The van der Waals surface area contributed by atoms with Crippen molar-refractivity contribution in [1.29, 1.82) is 0 Å². The summed E-state index contributed by atoms with van der Waals surface area (Å²) in [5.74, 6) is -0.195. The summed E-state index contributed by atoms with van der Waals surface area (Å²) in [5, 5.41) is 6.48. The lowest BCUT2D eigenvalue weighted by molar-refractivity contribution is 0.199. The average Bonchev–Trinajstić information content (AvgIpc) is 3.17. The van der Waals surface area contributed by atoms with Gasteiger partial charge in [0.2, 0.25) is 0 Å². The second-order valence-electron chi connectivity index (χ2n) is 6.10. The van der Waals surface area contributed by atoms with E-state index in [1.165, 1.54) is 10.6 Å². The SMILES string of the molecule is COCCNCc1c(-c2cccs2)n(C(C)C)c2ccc(F)cc12. The molecule has 1 aromatic carbocycles. The Kier molecular flexibility index (Phi) is 5.33. The van der Waals surface area contributed by atoms with Gasteiger partial charge in [-0.15, -0.1) is 11.3 Å². The van der Waals surface area contributed by atoms with E-state index in [0.717, 1.165) is 23.0 Å². The molecular formula is C19H23FN2OS. The number of fused-ring (bicyclic) bond motifs is 1. The lowest BCUT2D eigenvalue weighted by Crippen LogP contribution is -2.19. The van der Waals surface area contributed by atoms with Crippen LogP contribution in [0.15, 0.2) is 35.7 Å². The van der Waals surface area contributed by atoms with Gasteiger partial charge in [-0.2, -0.15) is 0 Å². The molecule has 0 bridgehead atoms. The molecule has 3 nitrogen and oxygen atoms in total. The highest BCUT2D eigenvalue weighted by Gasteiger charge is 2.21. The normalized spacial score (nSPS) is 11.7. The van der Waals surface area contributed by atoms with Crippen LogP contribution in [-0.2, 0) is 11.3 Å². The van der Waals surface area contributed by atoms with Gasteiger partial charge in [-0.1, -0.05) is 6.07 Å². The zero-order valence-corrected chi connectivity index (χ0v) is 15.1. The number of benzene rings is 1. The second kappa shape index (κ2) is 7.47. The van der Waals surface area contributed by atoms with Crippen molar-refractivity contribution in [2.75, 3.05) is 20.3 Å². The number of hydrogen-bond donors (Lipinski definition) is 1. The quantitative estimate of drug-likeness (QED) is 0.620. The average molecular weight is 346 g/mol. The topological polar surface area (TPSA) is 26.2 Å². The molecular weight excluding hydrogens is 323 g/mol. The van der Waals surface area contributed by atoms with Gasteiger partial charge in [-0.3, -0.25) is 0 Å². The molecule has 0 spiro atoms. The summed E-state index contributed by atoms with van der Waals surface area (Å²) in [7, 11) is 1.69. The third kappa shape index (κ3) is 3.24. The van der Waals surface area contributed by atoms with E-state index in [1.54, 1.807) is 30.6 Å². The highest BCUT2D eigenvalue weighted by atomic mass is 32.1. The van der Waals surface area contributed by atoms with Gasteiger partial charge in [-0.25, -0.2) is 4.39 Å². The van der Waals surface area contributed by atoms with Crippen molar-refractivity contribution in [3.05, 3.63) is 47.1 Å². The Morgan fingerprint density at radius 2 is 2.12 bits per heavy atom. The molecule has 0 aliphatic carbocycles. The molecule has 3 aromatic rings. The molecule has 5 heteroatoms. The maximum absolute atomic E-state index is 13.9. The van der Waals surface area contributed by atoms with Crippen LogP contribution in [0.2, 0.25) is 0 Å². The largest absolute Gasteiger partial charge is 0.383 e. The van der Waals surface area contributed by atoms with E-state index in [0.29, 0.717) is 19.2 Å². The van der Waals surface area contributed by atoms with E-state index in [2.05, 4.69) is 41.2 Å². The van der Waals surface area contributed by atoms with Crippen LogP contribution in [0, 0.1) is 5.82 Å². The van der Waals surface area contributed by atoms with Gasteiger partial charge in [0.1, 0.15) is 5.82 Å². The summed E-state index contributed by atoms with van der Waals surface area (Å²) in [4.78, 5) is 1.21. The van der Waals surface area contributed by atoms with Crippen LogP contribution in [0.1, 0.15) is 25.5 Å². The van der Waals surface area contributed by atoms with Crippen LogP contribution in [0.25, 0.3) is 21.5 Å². The third-order valence-corrected chi connectivity index (χ3v) is 5.00. The van der Waals surface area contributed by atoms with Gasteiger partial charge < -0.3 is 14.6 Å². The molecule has 0 aliphatic heterocycles. The predicted octanol–water partition coefficient (Wildman–Crippen LogP) is 4.83. The molecule has 1 N–H and O–H groups in total. The summed E-state index contributed by atoms with van der Waals surface area (Å²) >= 11 is 1.72. The van der Waals surface area contributed by atoms with Gasteiger partial charge in [0, 0.05) is 42.7 Å². The summed E-state index contributed by atoms with van der Waals surface area (Å²) in [5.41, 5.74) is 3.42. The molecule has 2 aromatic heterocycles. The second-order valence-corrected chi connectivity index (χ2v) is 7.05. The maximum atomic E-state index is 13.9. The minimum absolute atomic E-state index is 0.195. The first-order valence-electron chi connectivity index (χ1n) is 8.19. The molecule has 0 radical (unpaired) electrons. The summed E-state index contributed by atoms with van der Waals surface area (Å²) in [6.07, 6.45) is 0. The summed E-state index contributed by atoms with van der Waals surface area (Å²) < 4.78 is 21.3. The Hall–Kier alpha value is -1.69. The van der Waals surface area contributed by atoms with Crippen molar-refractivity contribution in [3.63, 3.8) is 0 Å².